The number of benzene rings is 1. The summed E-state index contributed by atoms with van der Waals surface area (Å²) in [6.45, 7) is 7.08. The molecule has 1 saturated heterocycles. The van der Waals surface area contributed by atoms with E-state index in [1.165, 1.54) is 44.1 Å². The van der Waals surface area contributed by atoms with Crippen LogP contribution in [0.15, 0.2) is 24.3 Å². The zero-order valence-electron chi connectivity index (χ0n) is 22.9. The minimum absolute atomic E-state index is 0.208. The Hall–Kier alpha value is -1.92. The molecular weight excluding hydrogens is 456 g/mol. The van der Waals surface area contributed by atoms with Crippen LogP contribution in [0.25, 0.3) is 0 Å². The number of carbonyl (C=O) groups is 2. The normalized spacial score (nSPS) is 16.0. The van der Waals surface area contributed by atoms with Crippen LogP contribution in [0.2, 0.25) is 0 Å². The van der Waals surface area contributed by atoms with Gasteiger partial charge in [0.15, 0.2) is 11.7 Å². The quantitative estimate of drug-likeness (QED) is 0.128. The molecule has 1 aromatic carbocycles. The van der Waals surface area contributed by atoms with E-state index >= 15 is 0 Å². The molecule has 204 valence electrons. The van der Waals surface area contributed by atoms with Crippen LogP contribution in [0.4, 0.5) is 0 Å². The number of hydrogen-bond acceptors (Lipinski definition) is 6. The second kappa shape index (κ2) is 17.5. The van der Waals surface area contributed by atoms with Gasteiger partial charge in [0, 0.05) is 6.61 Å². The summed E-state index contributed by atoms with van der Waals surface area (Å²) in [6, 6.07) is 8.56. The first kappa shape index (κ1) is 30.3. The number of ether oxygens (including phenoxy) is 4. The summed E-state index contributed by atoms with van der Waals surface area (Å²) < 4.78 is 22.3. The molecule has 1 aliphatic rings. The molecule has 1 fully saturated rings. The van der Waals surface area contributed by atoms with Crippen molar-refractivity contribution in [2.24, 2.45) is 5.41 Å². The standard InChI is InChI=1S/C30H48O6/c1-4-7-8-9-10-11-14-25-16-18-26(19-17-25)20-21-30(28(31)33-5-2,29(32)34-6-3)22-24-36-27-15-12-13-23-35-27/h16-19,27H,4-15,20-24H2,1-3H3. The molecule has 0 saturated carbocycles. The van der Waals surface area contributed by atoms with Crippen LogP contribution in [0.5, 0.6) is 0 Å². The average molecular weight is 505 g/mol. The Balaban J connectivity index is 2.00. The number of hydrogen-bond donors (Lipinski definition) is 0. The molecule has 1 aliphatic heterocycles. The SMILES string of the molecule is CCCCCCCCc1ccc(CCC(CCOC2CCCCO2)(C(=O)OCC)C(=O)OCC)cc1. The Morgan fingerprint density at radius 3 is 2.03 bits per heavy atom. The van der Waals surface area contributed by atoms with Crippen LogP contribution in [-0.2, 0) is 41.4 Å². The number of aryl methyl sites for hydroxylation is 2. The van der Waals surface area contributed by atoms with Gasteiger partial charge in [0.1, 0.15) is 0 Å². The minimum atomic E-state index is -1.39. The van der Waals surface area contributed by atoms with E-state index in [9.17, 15) is 9.59 Å². The topological polar surface area (TPSA) is 71.1 Å². The van der Waals surface area contributed by atoms with Gasteiger partial charge in [-0.25, -0.2) is 0 Å². The third-order valence-corrected chi connectivity index (χ3v) is 6.99. The van der Waals surface area contributed by atoms with Gasteiger partial charge in [0.2, 0.25) is 0 Å². The van der Waals surface area contributed by atoms with E-state index in [1.54, 1.807) is 13.8 Å². The molecule has 1 unspecified atom stereocenters. The third kappa shape index (κ3) is 10.2. The lowest BCUT2D eigenvalue weighted by atomic mass is 9.79. The van der Waals surface area contributed by atoms with Gasteiger partial charge >= 0.3 is 11.9 Å². The van der Waals surface area contributed by atoms with Crippen molar-refractivity contribution in [3.05, 3.63) is 35.4 Å². The fourth-order valence-electron chi connectivity index (χ4n) is 4.70. The summed E-state index contributed by atoms with van der Waals surface area (Å²) in [5.74, 6) is -1.06. The molecule has 0 bridgehead atoms. The highest BCUT2D eigenvalue weighted by atomic mass is 16.7. The Kier molecular flexibility index (Phi) is 14.7. The fraction of sp³-hybridized carbons (Fsp3) is 0.733. The van der Waals surface area contributed by atoms with E-state index in [2.05, 4.69) is 31.2 Å². The van der Waals surface area contributed by atoms with Gasteiger partial charge in [0.05, 0.1) is 19.8 Å². The summed E-state index contributed by atoms with van der Waals surface area (Å²) >= 11 is 0. The highest BCUT2D eigenvalue weighted by Gasteiger charge is 2.48. The van der Waals surface area contributed by atoms with Crippen LogP contribution in [0.3, 0.4) is 0 Å². The highest BCUT2D eigenvalue weighted by molar-refractivity contribution is 6.00. The average Bonchev–Trinajstić information content (AvgIpc) is 2.89. The lowest BCUT2D eigenvalue weighted by molar-refractivity contribution is -0.184. The van der Waals surface area contributed by atoms with Crippen molar-refractivity contribution in [1.29, 1.82) is 0 Å². The second-order valence-electron chi connectivity index (χ2n) is 9.77. The van der Waals surface area contributed by atoms with Gasteiger partial charge in [-0.1, -0.05) is 63.3 Å². The molecule has 0 aromatic heterocycles. The zero-order chi connectivity index (χ0) is 26.1. The Morgan fingerprint density at radius 2 is 1.44 bits per heavy atom. The Bertz CT molecular complexity index is 720. The van der Waals surface area contributed by atoms with Crippen LogP contribution in [0.1, 0.15) is 103 Å². The van der Waals surface area contributed by atoms with Crippen LogP contribution < -0.4 is 0 Å². The third-order valence-electron chi connectivity index (χ3n) is 6.99. The number of rotatable bonds is 18. The van der Waals surface area contributed by atoms with Crippen molar-refractivity contribution in [3.63, 3.8) is 0 Å². The molecule has 0 spiro atoms. The molecule has 0 radical (unpaired) electrons. The smallest absolute Gasteiger partial charge is 0.323 e. The Morgan fingerprint density at radius 1 is 0.833 bits per heavy atom. The number of esters is 2. The van der Waals surface area contributed by atoms with Crippen LogP contribution in [0, 0.1) is 5.41 Å². The van der Waals surface area contributed by atoms with E-state index in [4.69, 9.17) is 18.9 Å². The minimum Gasteiger partial charge on any atom is -0.465 e. The summed E-state index contributed by atoms with van der Waals surface area (Å²) in [7, 11) is 0. The summed E-state index contributed by atoms with van der Waals surface area (Å²) in [4.78, 5) is 26.3. The first-order chi connectivity index (χ1) is 17.6. The maximum absolute atomic E-state index is 13.1. The maximum Gasteiger partial charge on any atom is 0.323 e. The van der Waals surface area contributed by atoms with Crippen molar-refractivity contribution in [1.82, 2.24) is 0 Å². The van der Waals surface area contributed by atoms with E-state index < -0.39 is 17.4 Å². The second-order valence-corrected chi connectivity index (χ2v) is 9.77. The van der Waals surface area contributed by atoms with Crippen molar-refractivity contribution in [2.45, 2.75) is 111 Å². The molecule has 1 aromatic rings. The van der Waals surface area contributed by atoms with Crippen molar-refractivity contribution < 1.29 is 28.5 Å². The van der Waals surface area contributed by atoms with Crippen molar-refractivity contribution >= 4 is 11.9 Å². The lowest BCUT2D eigenvalue weighted by Gasteiger charge is -2.30. The highest BCUT2D eigenvalue weighted by Crippen LogP contribution is 2.33. The van der Waals surface area contributed by atoms with Gasteiger partial charge in [-0.05, 0) is 76.3 Å². The molecule has 0 amide bonds. The Labute approximate surface area is 218 Å². The van der Waals surface area contributed by atoms with Crippen LogP contribution >= 0.6 is 0 Å². The van der Waals surface area contributed by atoms with Crippen LogP contribution in [-0.4, -0.2) is 44.7 Å². The molecule has 1 heterocycles. The summed E-state index contributed by atoms with van der Waals surface area (Å²) in [5.41, 5.74) is 1.03. The molecular formula is C30H48O6. The number of carbonyl (C=O) groups excluding carboxylic acids is 2. The monoisotopic (exact) mass is 504 g/mol. The number of unbranched alkanes of at least 4 members (excludes halogenated alkanes) is 5. The predicted molar refractivity (Wildman–Crippen MR) is 142 cm³/mol. The van der Waals surface area contributed by atoms with Crippen molar-refractivity contribution in [3.8, 4) is 0 Å². The predicted octanol–water partition coefficient (Wildman–Crippen LogP) is 6.57. The van der Waals surface area contributed by atoms with Gasteiger partial charge in [-0.15, -0.1) is 0 Å². The van der Waals surface area contributed by atoms with Gasteiger partial charge in [-0.2, -0.15) is 0 Å². The molecule has 0 aliphatic carbocycles. The molecule has 36 heavy (non-hydrogen) atoms. The largest absolute Gasteiger partial charge is 0.465 e. The van der Waals surface area contributed by atoms with E-state index in [-0.39, 0.29) is 32.5 Å². The molecule has 1 atom stereocenters. The van der Waals surface area contributed by atoms with E-state index in [1.807, 2.05) is 0 Å². The molecule has 0 N–H and O–H groups in total. The van der Waals surface area contributed by atoms with Gasteiger partial charge in [-0.3, -0.25) is 9.59 Å². The summed E-state index contributed by atoms with van der Waals surface area (Å²) in [6.07, 6.45) is 12.6. The molecule has 6 nitrogen and oxygen atoms in total. The van der Waals surface area contributed by atoms with Gasteiger partial charge < -0.3 is 18.9 Å². The van der Waals surface area contributed by atoms with Crippen molar-refractivity contribution in [2.75, 3.05) is 26.4 Å². The van der Waals surface area contributed by atoms with E-state index in [0.717, 1.165) is 31.2 Å². The lowest BCUT2D eigenvalue weighted by Crippen LogP contribution is -2.44. The summed E-state index contributed by atoms with van der Waals surface area (Å²) in [5, 5.41) is 0. The first-order valence-electron chi connectivity index (χ1n) is 14.2. The molecule has 2 rings (SSSR count). The zero-order valence-corrected chi connectivity index (χ0v) is 22.9. The van der Waals surface area contributed by atoms with Gasteiger partial charge in [0.25, 0.3) is 0 Å². The van der Waals surface area contributed by atoms with E-state index in [0.29, 0.717) is 19.4 Å². The molecule has 6 heteroatoms. The maximum atomic E-state index is 13.1. The first-order valence-corrected chi connectivity index (χ1v) is 14.2. The fourth-order valence-corrected chi connectivity index (χ4v) is 4.70.